The standard InChI is InChI=1S/C19H23N7O2.HI/c27-26(28)17-6-2-15(3-7-17)14-22-19(23-16-4-5-16)25-12-10-24(11-13-25)18-20-8-1-9-21-18;/h1-3,6-9,16H,4-5,10-14H2,(H,22,23);1H. The lowest BCUT2D eigenvalue weighted by Gasteiger charge is -2.36. The van der Waals surface area contributed by atoms with Gasteiger partial charge in [-0.25, -0.2) is 15.0 Å². The molecule has 1 aliphatic heterocycles. The van der Waals surface area contributed by atoms with Crippen LogP contribution in [0, 0.1) is 10.1 Å². The minimum absolute atomic E-state index is 0. The van der Waals surface area contributed by atoms with Crippen LogP contribution >= 0.6 is 24.0 Å². The quantitative estimate of drug-likeness (QED) is 0.217. The van der Waals surface area contributed by atoms with Gasteiger partial charge in [0.1, 0.15) is 0 Å². The van der Waals surface area contributed by atoms with Crippen molar-refractivity contribution in [2.75, 3.05) is 31.1 Å². The number of non-ortho nitro benzene ring substituents is 1. The van der Waals surface area contributed by atoms with E-state index in [-0.39, 0.29) is 34.6 Å². The number of aromatic nitrogens is 2. The number of nitrogens with zero attached hydrogens (tertiary/aromatic N) is 6. The third-order valence-electron chi connectivity index (χ3n) is 4.88. The zero-order chi connectivity index (χ0) is 19.3. The van der Waals surface area contributed by atoms with Crippen molar-refractivity contribution in [3.8, 4) is 0 Å². The highest BCUT2D eigenvalue weighted by molar-refractivity contribution is 14.0. The second-order valence-electron chi connectivity index (χ2n) is 7.00. The normalized spacial score (nSPS) is 16.9. The van der Waals surface area contributed by atoms with Gasteiger partial charge in [0, 0.05) is 56.7 Å². The second-order valence-corrected chi connectivity index (χ2v) is 7.00. The Morgan fingerprint density at radius 1 is 1.14 bits per heavy atom. The molecular formula is C19H24IN7O2. The summed E-state index contributed by atoms with van der Waals surface area (Å²) in [5.41, 5.74) is 1.06. The van der Waals surface area contributed by atoms with Crippen LogP contribution < -0.4 is 10.2 Å². The third-order valence-corrected chi connectivity index (χ3v) is 4.88. The maximum Gasteiger partial charge on any atom is 0.269 e. The van der Waals surface area contributed by atoms with Crippen molar-refractivity contribution in [1.29, 1.82) is 0 Å². The molecule has 2 aliphatic rings. The zero-order valence-electron chi connectivity index (χ0n) is 16.0. The number of rotatable bonds is 5. The minimum Gasteiger partial charge on any atom is -0.353 e. The number of nitro benzene ring substituents is 1. The Labute approximate surface area is 186 Å². The van der Waals surface area contributed by atoms with Gasteiger partial charge in [0.25, 0.3) is 5.69 Å². The van der Waals surface area contributed by atoms with Gasteiger partial charge < -0.3 is 15.1 Å². The Hall–Kier alpha value is -2.50. The maximum absolute atomic E-state index is 10.8. The Balaban J connectivity index is 0.00000240. The van der Waals surface area contributed by atoms with E-state index in [0.717, 1.165) is 43.7 Å². The molecule has 0 spiro atoms. The van der Waals surface area contributed by atoms with E-state index < -0.39 is 0 Å². The van der Waals surface area contributed by atoms with Crippen molar-refractivity contribution < 1.29 is 4.92 Å². The van der Waals surface area contributed by atoms with Gasteiger partial charge >= 0.3 is 0 Å². The lowest BCUT2D eigenvalue weighted by atomic mass is 10.2. The Morgan fingerprint density at radius 3 is 2.38 bits per heavy atom. The van der Waals surface area contributed by atoms with E-state index in [0.29, 0.717) is 12.6 Å². The number of guanidine groups is 1. The molecule has 29 heavy (non-hydrogen) atoms. The van der Waals surface area contributed by atoms with Crippen molar-refractivity contribution in [2.24, 2.45) is 4.99 Å². The van der Waals surface area contributed by atoms with Gasteiger partial charge in [-0.05, 0) is 24.5 Å². The molecule has 4 rings (SSSR count). The molecule has 0 radical (unpaired) electrons. The Morgan fingerprint density at radius 2 is 1.79 bits per heavy atom. The molecule has 1 saturated heterocycles. The number of hydrogen-bond donors (Lipinski definition) is 1. The van der Waals surface area contributed by atoms with Crippen LogP contribution in [0.2, 0.25) is 0 Å². The molecular weight excluding hydrogens is 485 g/mol. The summed E-state index contributed by atoms with van der Waals surface area (Å²) in [7, 11) is 0. The first-order valence-electron chi connectivity index (χ1n) is 9.50. The third kappa shape index (κ3) is 5.75. The second kappa shape index (κ2) is 9.81. The van der Waals surface area contributed by atoms with E-state index in [1.807, 2.05) is 6.07 Å². The Bertz CT molecular complexity index is 835. The smallest absolute Gasteiger partial charge is 0.269 e. The van der Waals surface area contributed by atoms with Crippen LogP contribution in [0.1, 0.15) is 18.4 Å². The summed E-state index contributed by atoms with van der Waals surface area (Å²) in [6.07, 6.45) is 5.88. The minimum atomic E-state index is -0.386. The van der Waals surface area contributed by atoms with Crippen LogP contribution in [-0.4, -0.2) is 58.0 Å². The molecule has 1 N–H and O–H groups in total. The molecule has 1 aromatic heterocycles. The van der Waals surface area contributed by atoms with E-state index in [2.05, 4.69) is 25.1 Å². The van der Waals surface area contributed by atoms with Crippen LogP contribution in [0.15, 0.2) is 47.7 Å². The molecule has 9 nitrogen and oxygen atoms in total. The molecule has 154 valence electrons. The summed E-state index contributed by atoms with van der Waals surface area (Å²) in [6, 6.07) is 8.91. The number of nitro groups is 1. The van der Waals surface area contributed by atoms with Gasteiger partial charge in [0.15, 0.2) is 5.96 Å². The SMILES string of the molecule is I.O=[N+]([O-])c1ccc(CN=C(NC2CC2)N2CCN(c3ncccn3)CC2)cc1. The molecule has 0 bridgehead atoms. The molecule has 2 aromatic rings. The molecule has 2 heterocycles. The van der Waals surface area contributed by atoms with Gasteiger partial charge in [-0.15, -0.1) is 24.0 Å². The van der Waals surface area contributed by atoms with E-state index in [9.17, 15) is 10.1 Å². The average Bonchev–Trinajstić information content (AvgIpc) is 3.56. The molecule has 0 unspecified atom stereocenters. The van der Waals surface area contributed by atoms with Crippen molar-refractivity contribution in [3.05, 3.63) is 58.4 Å². The van der Waals surface area contributed by atoms with Gasteiger partial charge in [0.2, 0.25) is 5.95 Å². The lowest BCUT2D eigenvalue weighted by Crippen LogP contribution is -2.53. The predicted molar refractivity (Wildman–Crippen MR) is 122 cm³/mol. The maximum atomic E-state index is 10.8. The average molecular weight is 509 g/mol. The molecule has 1 aliphatic carbocycles. The highest BCUT2D eigenvalue weighted by Crippen LogP contribution is 2.20. The molecule has 1 aromatic carbocycles. The molecule has 1 saturated carbocycles. The molecule has 0 atom stereocenters. The summed E-state index contributed by atoms with van der Waals surface area (Å²) in [5, 5.41) is 14.3. The monoisotopic (exact) mass is 509 g/mol. The molecule has 2 fully saturated rings. The first kappa shape index (κ1) is 21.2. The zero-order valence-corrected chi connectivity index (χ0v) is 18.3. The van der Waals surface area contributed by atoms with E-state index in [1.165, 1.54) is 25.0 Å². The Kier molecular flexibility index (Phi) is 7.18. The van der Waals surface area contributed by atoms with Crippen molar-refractivity contribution in [1.82, 2.24) is 20.2 Å². The number of hydrogen-bond acceptors (Lipinski definition) is 6. The topological polar surface area (TPSA) is 99.8 Å². The largest absolute Gasteiger partial charge is 0.353 e. The van der Waals surface area contributed by atoms with Crippen LogP contribution in [0.3, 0.4) is 0 Å². The van der Waals surface area contributed by atoms with Crippen molar-refractivity contribution >= 4 is 41.6 Å². The van der Waals surface area contributed by atoms with E-state index in [4.69, 9.17) is 4.99 Å². The van der Waals surface area contributed by atoms with E-state index in [1.54, 1.807) is 24.5 Å². The predicted octanol–water partition coefficient (Wildman–Crippen LogP) is 2.43. The number of nitrogens with one attached hydrogen (secondary N) is 1. The van der Waals surface area contributed by atoms with Gasteiger partial charge in [0.05, 0.1) is 11.5 Å². The van der Waals surface area contributed by atoms with Crippen LogP contribution in [-0.2, 0) is 6.54 Å². The van der Waals surface area contributed by atoms with E-state index >= 15 is 0 Å². The number of aliphatic imine (C=N–C) groups is 1. The lowest BCUT2D eigenvalue weighted by molar-refractivity contribution is -0.384. The summed E-state index contributed by atoms with van der Waals surface area (Å²) >= 11 is 0. The van der Waals surface area contributed by atoms with Crippen LogP contribution in [0.4, 0.5) is 11.6 Å². The molecule has 0 amide bonds. The summed E-state index contributed by atoms with van der Waals surface area (Å²) < 4.78 is 0. The fourth-order valence-electron chi connectivity index (χ4n) is 3.11. The van der Waals surface area contributed by atoms with Gasteiger partial charge in [-0.1, -0.05) is 12.1 Å². The molecule has 10 heteroatoms. The van der Waals surface area contributed by atoms with Gasteiger partial charge in [-0.3, -0.25) is 10.1 Å². The number of halogens is 1. The fraction of sp³-hybridized carbons (Fsp3) is 0.421. The summed E-state index contributed by atoms with van der Waals surface area (Å²) in [5.74, 6) is 1.68. The fourth-order valence-corrected chi connectivity index (χ4v) is 3.11. The van der Waals surface area contributed by atoms with Gasteiger partial charge in [-0.2, -0.15) is 0 Å². The summed E-state index contributed by atoms with van der Waals surface area (Å²) in [4.78, 5) is 28.3. The van der Waals surface area contributed by atoms with Crippen molar-refractivity contribution in [2.45, 2.75) is 25.4 Å². The highest BCUT2D eigenvalue weighted by atomic mass is 127. The first-order chi connectivity index (χ1) is 13.7. The van der Waals surface area contributed by atoms with Crippen LogP contribution in [0.5, 0.6) is 0 Å². The number of anilines is 1. The number of benzene rings is 1. The number of piperazine rings is 1. The summed E-state index contributed by atoms with van der Waals surface area (Å²) in [6.45, 7) is 3.86. The highest BCUT2D eigenvalue weighted by Gasteiger charge is 2.27. The first-order valence-corrected chi connectivity index (χ1v) is 9.50. The van der Waals surface area contributed by atoms with Crippen molar-refractivity contribution in [3.63, 3.8) is 0 Å². The van der Waals surface area contributed by atoms with Crippen LogP contribution in [0.25, 0.3) is 0 Å².